The summed E-state index contributed by atoms with van der Waals surface area (Å²) < 4.78 is 39.5. The van der Waals surface area contributed by atoms with Crippen LogP contribution < -0.4 is 0 Å². The lowest BCUT2D eigenvalue weighted by Gasteiger charge is -2.21. The average molecular weight is 1120 g/mol. The molecule has 0 rings (SSSR count). The molecule has 0 bridgehead atoms. The van der Waals surface area contributed by atoms with E-state index in [1.807, 2.05) is 12.2 Å². The average Bonchev–Trinajstić information content (AvgIpc) is 3.43. The number of unbranched alkanes of at least 4 members (excludes halogenated alkanes) is 27. The number of hydrogen-bond acceptors (Lipinski definition) is 10. The first kappa shape index (κ1) is 74.7. The zero-order valence-electron chi connectivity index (χ0n) is 49.9. The van der Waals surface area contributed by atoms with Gasteiger partial charge in [0.05, 0.1) is 19.8 Å². The quantitative estimate of drug-likeness (QED) is 0.0197. The van der Waals surface area contributed by atoms with E-state index in [0.717, 1.165) is 96.3 Å². The van der Waals surface area contributed by atoms with Crippen LogP contribution in [-0.4, -0.2) is 66.5 Å². The molecule has 2 N–H and O–H groups in total. The lowest BCUT2D eigenvalue weighted by Crippen LogP contribution is -2.30. The molecule has 0 saturated carbocycles. The number of rotatable bonds is 58. The van der Waals surface area contributed by atoms with Gasteiger partial charge in [0.15, 0.2) is 6.10 Å². The van der Waals surface area contributed by atoms with Crippen molar-refractivity contribution < 1.29 is 52.2 Å². The number of aliphatic hydroxyl groups excluding tert-OH is 1. The van der Waals surface area contributed by atoms with E-state index in [1.54, 1.807) is 0 Å². The second-order valence-electron chi connectivity index (χ2n) is 20.8. The molecule has 0 fully saturated rings. The summed E-state index contributed by atoms with van der Waals surface area (Å²) in [4.78, 5) is 48.6. The summed E-state index contributed by atoms with van der Waals surface area (Å²) in [6.45, 7) is 4.46. The van der Waals surface area contributed by atoms with E-state index < -0.39 is 57.8 Å². The number of allylic oxidation sites excluding steroid dienone is 14. The van der Waals surface area contributed by atoms with Crippen LogP contribution in [0.5, 0.6) is 0 Å². The van der Waals surface area contributed by atoms with E-state index in [9.17, 15) is 28.9 Å². The topological polar surface area (TPSA) is 155 Å². The summed E-state index contributed by atoms with van der Waals surface area (Å²) in [5.74, 6) is -1.56. The third kappa shape index (κ3) is 57.3. The summed E-state index contributed by atoms with van der Waals surface area (Å²) in [6, 6.07) is 0. The summed E-state index contributed by atoms with van der Waals surface area (Å²) in [5.41, 5.74) is 0. The van der Waals surface area contributed by atoms with E-state index in [4.69, 9.17) is 23.3 Å². The van der Waals surface area contributed by atoms with Gasteiger partial charge in [0, 0.05) is 19.3 Å². The Morgan fingerprint density at radius 1 is 0.372 bits per heavy atom. The van der Waals surface area contributed by atoms with Gasteiger partial charge < -0.3 is 24.2 Å². The highest BCUT2D eigenvalue weighted by Crippen LogP contribution is 2.43. The van der Waals surface area contributed by atoms with Crippen molar-refractivity contribution in [2.24, 2.45) is 0 Å². The van der Waals surface area contributed by atoms with Crippen LogP contribution in [0.15, 0.2) is 85.1 Å². The second-order valence-corrected chi connectivity index (χ2v) is 22.3. The van der Waals surface area contributed by atoms with Gasteiger partial charge in [-0.2, -0.15) is 0 Å². The van der Waals surface area contributed by atoms with Gasteiger partial charge in [0.2, 0.25) is 0 Å². The Kier molecular flexibility index (Phi) is 57.2. The number of esters is 3. The maximum atomic E-state index is 12.9. The van der Waals surface area contributed by atoms with Gasteiger partial charge in [0.1, 0.15) is 12.7 Å². The molecule has 450 valence electrons. The Labute approximate surface area is 477 Å². The Balaban J connectivity index is 4.80. The molecule has 0 aromatic carbocycles. The molecule has 0 aliphatic carbocycles. The molecule has 0 heterocycles. The van der Waals surface area contributed by atoms with Crippen LogP contribution in [0.4, 0.5) is 0 Å². The summed E-state index contributed by atoms with van der Waals surface area (Å²) >= 11 is 0. The summed E-state index contributed by atoms with van der Waals surface area (Å²) in [5, 5.41) is 9.83. The Morgan fingerprint density at radius 3 is 1.09 bits per heavy atom. The van der Waals surface area contributed by atoms with Crippen molar-refractivity contribution in [2.45, 2.75) is 290 Å². The van der Waals surface area contributed by atoms with Crippen molar-refractivity contribution in [1.29, 1.82) is 0 Å². The summed E-state index contributed by atoms with van der Waals surface area (Å²) in [7, 11) is -4.77. The fraction of sp³-hybridized carbons (Fsp3) is 0.742. The third-order valence-electron chi connectivity index (χ3n) is 13.3. The molecule has 0 aliphatic heterocycles. The minimum Gasteiger partial charge on any atom is -0.462 e. The molecule has 0 spiro atoms. The van der Waals surface area contributed by atoms with Gasteiger partial charge in [-0.15, -0.1) is 0 Å². The molecule has 0 amide bonds. The molecule has 3 atom stereocenters. The van der Waals surface area contributed by atoms with Crippen molar-refractivity contribution in [3.8, 4) is 0 Å². The van der Waals surface area contributed by atoms with E-state index >= 15 is 0 Å². The molecule has 0 aromatic rings. The van der Waals surface area contributed by atoms with Crippen molar-refractivity contribution >= 4 is 25.7 Å². The van der Waals surface area contributed by atoms with Crippen LogP contribution in [-0.2, 0) is 42.2 Å². The first-order valence-electron chi connectivity index (χ1n) is 31.5. The molecule has 0 saturated heterocycles. The molecule has 0 aromatic heterocycles. The van der Waals surface area contributed by atoms with Crippen molar-refractivity contribution in [2.75, 3.05) is 26.4 Å². The van der Waals surface area contributed by atoms with Gasteiger partial charge in [0.25, 0.3) is 0 Å². The van der Waals surface area contributed by atoms with Crippen LogP contribution in [0.2, 0.25) is 0 Å². The van der Waals surface area contributed by atoms with Gasteiger partial charge in [-0.1, -0.05) is 260 Å². The Bertz CT molecular complexity index is 1630. The molecule has 0 aliphatic rings. The molecule has 11 nitrogen and oxygen atoms in total. The van der Waals surface area contributed by atoms with Gasteiger partial charge in [-0.3, -0.25) is 23.4 Å². The zero-order chi connectivity index (χ0) is 56.9. The van der Waals surface area contributed by atoms with Crippen LogP contribution in [0.25, 0.3) is 0 Å². The fourth-order valence-corrected chi connectivity index (χ4v) is 9.34. The SMILES string of the molecule is CC/C=C\C/C=C\C/C=C\C/C=C\C/C=C\C/C=C\CCC(=O)OCC(COP(=O)(O)OCC(CO)OC(=O)CCCCCCC/C=C\CCCCCC)OC(=O)CCCCCCCCCCCCCCCCCCCCC. The number of phosphoric ester groups is 1. The second kappa shape index (κ2) is 59.8. The van der Waals surface area contributed by atoms with Gasteiger partial charge >= 0.3 is 25.7 Å². The van der Waals surface area contributed by atoms with Crippen LogP contribution >= 0.6 is 7.82 Å². The maximum Gasteiger partial charge on any atom is 0.472 e. The molecular weight excluding hydrogens is 1000 g/mol. The van der Waals surface area contributed by atoms with Crippen molar-refractivity contribution in [3.63, 3.8) is 0 Å². The molecule has 0 radical (unpaired) electrons. The largest absolute Gasteiger partial charge is 0.472 e. The number of aliphatic hydroxyl groups is 1. The van der Waals surface area contributed by atoms with Crippen molar-refractivity contribution in [3.05, 3.63) is 85.1 Å². The third-order valence-corrected chi connectivity index (χ3v) is 14.3. The van der Waals surface area contributed by atoms with E-state index in [2.05, 4.69) is 93.7 Å². The fourth-order valence-electron chi connectivity index (χ4n) is 8.55. The van der Waals surface area contributed by atoms with E-state index in [1.165, 1.54) is 122 Å². The number of carbonyl (C=O) groups is 3. The molecular formula is C66H115O11P. The predicted molar refractivity (Wildman–Crippen MR) is 325 cm³/mol. The van der Waals surface area contributed by atoms with Crippen LogP contribution in [0.3, 0.4) is 0 Å². The zero-order valence-corrected chi connectivity index (χ0v) is 50.8. The van der Waals surface area contributed by atoms with E-state index in [0.29, 0.717) is 19.3 Å². The molecule has 3 unspecified atom stereocenters. The van der Waals surface area contributed by atoms with Crippen LogP contribution in [0, 0.1) is 0 Å². The van der Waals surface area contributed by atoms with Gasteiger partial charge in [-0.05, 0) is 83.5 Å². The smallest absolute Gasteiger partial charge is 0.462 e. The first-order chi connectivity index (χ1) is 38.2. The lowest BCUT2D eigenvalue weighted by atomic mass is 10.0. The predicted octanol–water partition coefficient (Wildman–Crippen LogP) is 19.0. The monoisotopic (exact) mass is 1110 g/mol. The minimum absolute atomic E-state index is 0.100. The highest BCUT2D eigenvalue weighted by Gasteiger charge is 2.28. The van der Waals surface area contributed by atoms with Crippen LogP contribution in [0.1, 0.15) is 278 Å². The highest BCUT2D eigenvalue weighted by molar-refractivity contribution is 7.47. The number of phosphoric acid groups is 1. The summed E-state index contributed by atoms with van der Waals surface area (Å²) in [6.07, 6.45) is 69.8. The number of carbonyl (C=O) groups excluding carboxylic acids is 3. The highest BCUT2D eigenvalue weighted by atomic mass is 31.2. The lowest BCUT2D eigenvalue weighted by molar-refractivity contribution is -0.161. The number of hydrogen-bond donors (Lipinski definition) is 2. The number of ether oxygens (including phenoxy) is 3. The normalized spacial score (nSPS) is 13.9. The van der Waals surface area contributed by atoms with Crippen molar-refractivity contribution in [1.82, 2.24) is 0 Å². The minimum atomic E-state index is -4.77. The van der Waals surface area contributed by atoms with E-state index in [-0.39, 0.29) is 25.9 Å². The molecule has 78 heavy (non-hydrogen) atoms. The Morgan fingerprint density at radius 2 is 0.692 bits per heavy atom. The molecule has 12 heteroatoms. The Hall–Kier alpha value is -3.34. The standard InChI is InChI=1S/C66H115O11P/c1-4-7-10-13-16-19-22-25-27-29-31-33-35-38-40-43-46-49-52-55-64(68)73-59-63(77-66(70)57-54-51-48-45-42-39-36-34-32-30-28-26-23-20-17-14-11-8-5-2)61-75-78(71,72)74-60-62(58-67)76-65(69)56-53-50-47-44-41-37-24-21-18-15-12-9-6-3/h7,10,16,19,21,24-25,27,31,33,38,40,46,49,62-63,67H,4-6,8-9,11-15,17-18,20,22-23,26,28-30,32,34-37,39,41-45,47-48,50-61H2,1-3H3,(H,71,72)/b10-7-,19-16-,24-21-,27-25-,33-31-,40-38-,49-46-. The first-order valence-corrected chi connectivity index (χ1v) is 33.0. The van der Waals surface area contributed by atoms with Gasteiger partial charge in [-0.25, -0.2) is 4.57 Å². The maximum absolute atomic E-state index is 12.9.